The van der Waals surface area contributed by atoms with Gasteiger partial charge in [0.05, 0.1) is 0 Å². The number of ether oxygens (including phenoxy) is 1. The van der Waals surface area contributed by atoms with Gasteiger partial charge in [0.25, 0.3) is 0 Å². The van der Waals surface area contributed by atoms with Crippen LogP contribution >= 0.6 is 0 Å². The summed E-state index contributed by atoms with van der Waals surface area (Å²) in [6, 6.07) is 1.85. The second-order valence-electron chi connectivity index (χ2n) is 13.8. The minimum atomic E-state index is -0.158. The quantitative estimate of drug-likeness (QED) is 0.273. The predicted molar refractivity (Wildman–Crippen MR) is 145 cm³/mol. The maximum Gasteiger partial charge on any atom is 0.328 e. The van der Waals surface area contributed by atoms with Gasteiger partial charge in [0.2, 0.25) is 0 Å². The van der Waals surface area contributed by atoms with E-state index < -0.39 is 0 Å². The molecule has 4 heteroatoms. The van der Waals surface area contributed by atoms with Gasteiger partial charge in [-0.3, -0.25) is 9.48 Å². The smallest absolute Gasteiger partial charge is 0.328 e. The van der Waals surface area contributed by atoms with E-state index in [1.807, 2.05) is 12.3 Å². The van der Waals surface area contributed by atoms with Gasteiger partial charge >= 0.3 is 5.97 Å². The van der Waals surface area contributed by atoms with Crippen LogP contribution in [0.25, 0.3) is 0 Å². The van der Waals surface area contributed by atoms with Crippen molar-refractivity contribution in [1.82, 2.24) is 9.78 Å². The fraction of sp³-hybridized carbons (Fsp3) is 0.812. The molecule has 0 aliphatic heterocycles. The Kier molecular flexibility index (Phi) is 7.45. The zero-order valence-electron chi connectivity index (χ0n) is 23.5. The first kappa shape index (κ1) is 26.0. The normalized spacial score (nSPS) is 38.6. The molecule has 0 spiro atoms. The van der Waals surface area contributed by atoms with E-state index in [1.54, 1.807) is 16.5 Å². The molecule has 0 bridgehead atoms. The van der Waals surface area contributed by atoms with Crippen LogP contribution in [0.15, 0.2) is 30.1 Å². The highest BCUT2D eigenvalue weighted by atomic mass is 16.5. The Labute approximate surface area is 219 Å². The number of aromatic nitrogens is 2. The lowest BCUT2D eigenvalue weighted by molar-refractivity contribution is -0.152. The van der Waals surface area contributed by atoms with Crippen molar-refractivity contribution in [3.8, 4) is 0 Å². The summed E-state index contributed by atoms with van der Waals surface area (Å²) in [6.07, 6.45) is 20.4. The van der Waals surface area contributed by atoms with E-state index in [-0.39, 0.29) is 18.6 Å². The largest absolute Gasteiger partial charge is 0.461 e. The average molecular weight is 495 g/mol. The molecule has 0 saturated heterocycles. The van der Waals surface area contributed by atoms with Gasteiger partial charge in [-0.05, 0) is 97.3 Å². The van der Waals surface area contributed by atoms with Crippen molar-refractivity contribution >= 4 is 5.97 Å². The van der Waals surface area contributed by atoms with Gasteiger partial charge in [-0.25, -0.2) is 0 Å². The highest BCUT2D eigenvalue weighted by Gasteiger charge is 2.59. The molecule has 0 radical (unpaired) electrons. The van der Waals surface area contributed by atoms with Crippen molar-refractivity contribution in [2.75, 3.05) is 0 Å². The molecule has 8 unspecified atom stereocenters. The second kappa shape index (κ2) is 10.3. The van der Waals surface area contributed by atoms with Gasteiger partial charge in [0, 0.05) is 18.8 Å². The Morgan fingerprint density at radius 3 is 2.69 bits per heavy atom. The summed E-state index contributed by atoms with van der Waals surface area (Å²) in [5.41, 5.74) is 2.43. The van der Waals surface area contributed by atoms with E-state index in [1.165, 1.54) is 51.4 Å². The van der Waals surface area contributed by atoms with Crippen molar-refractivity contribution in [1.29, 1.82) is 0 Å². The monoisotopic (exact) mass is 494 g/mol. The van der Waals surface area contributed by atoms with Crippen LogP contribution in [0.1, 0.15) is 105 Å². The first-order chi connectivity index (χ1) is 17.2. The molecule has 1 heterocycles. The molecule has 1 aromatic heterocycles. The van der Waals surface area contributed by atoms with E-state index in [4.69, 9.17) is 4.74 Å². The summed E-state index contributed by atoms with van der Waals surface area (Å²) in [6.45, 7) is 12.7. The average Bonchev–Trinajstić information content (AvgIpc) is 3.46. The van der Waals surface area contributed by atoms with Crippen molar-refractivity contribution in [2.45, 2.75) is 118 Å². The fourth-order valence-corrected chi connectivity index (χ4v) is 9.50. The molecule has 3 saturated carbocycles. The number of nitrogens with zero attached hydrogens (tertiary/aromatic N) is 2. The van der Waals surface area contributed by atoms with E-state index in [0.717, 1.165) is 54.8 Å². The Morgan fingerprint density at radius 1 is 1.11 bits per heavy atom. The Bertz CT molecular complexity index is 936. The molecule has 3 fully saturated rings. The lowest BCUT2D eigenvalue weighted by Crippen LogP contribution is -2.51. The lowest BCUT2D eigenvalue weighted by atomic mass is 9.47. The third kappa shape index (κ3) is 4.83. The summed E-state index contributed by atoms with van der Waals surface area (Å²) in [7, 11) is 0. The van der Waals surface area contributed by atoms with Gasteiger partial charge in [-0.1, -0.05) is 65.5 Å². The van der Waals surface area contributed by atoms with Gasteiger partial charge in [0.15, 0.2) is 0 Å². The molecular weight excluding hydrogens is 444 g/mol. The third-order valence-electron chi connectivity index (χ3n) is 11.4. The lowest BCUT2D eigenvalue weighted by Gasteiger charge is -2.58. The number of rotatable bonds is 8. The minimum absolute atomic E-state index is 0.0281. The first-order valence-electron chi connectivity index (χ1n) is 15.1. The standard InChI is InChI=1S/C32H50N2O2/c1-22(2)8-6-9-23(3)27-12-13-28-26-11-10-24-20-25(36-30(35)21-34-19-7-18-33-34)14-16-31(24,4)29(26)15-17-32(27,28)5/h7,10,18-19,22-23,25-29H,6,8-9,11-17,20-21H2,1-5H3. The highest BCUT2D eigenvalue weighted by molar-refractivity contribution is 5.69. The summed E-state index contributed by atoms with van der Waals surface area (Å²) in [5.74, 6) is 5.02. The molecule has 1 aromatic rings. The Morgan fingerprint density at radius 2 is 1.94 bits per heavy atom. The maximum atomic E-state index is 12.5. The number of carbonyl (C=O) groups is 1. The molecule has 4 nitrogen and oxygen atoms in total. The fourth-order valence-electron chi connectivity index (χ4n) is 9.50. The molecule has 4 aliphatic carbocycles. The van der Waals surface area contributed by atoms with Crippen molar-refractivity contribution < 1.29 is 9.53 Å². The van der Waals surface area contributed by atoms with Crippen LogP contribution in [0.5, 0.6) is 0 Å². The maximum absolute atomic E-state index is 12.5. The zero-order chi connectivity index (χ0) is 25.5. The number of esters is 1. The highest BCUT2D eigenvalue weighted by Crippen LogP contribution is 2.67. The van der Waals surface area contributed by atoms with Crippen LogP contribution in [-0.2, 0) is 16.1 Å². The number of hydrogen-bond donors (Lipinski definition) is 0. The minimum Gasteiger partial charge on any atom is -0.461 e. The molecule has 5 rings (SSSR count). The predicted octanol–water partition coefficient (Wildman–Crippen LogP) is 7.84. The SMILES string of the molecule is CC(C)CCCC(C)C1CCC2C3CC=C4CC(OC(=O)Cn5cccn5)CCC4(C)C3CCC12C. The number of hydrogen-bond acceptors (Lipinski definition) is 3. The molecule has 0 N–H and O–H groups in total. The molecule has 36 heavy (non-hydrogen) atoms. The summed E-state index contributed by atoms with van der Waals surface area (Å²) in [5, 5.41) is 4.14. The summed E-state index contributed by atoms with van der Waals surface area (Å²) >= 11 is 0. The third-order valence-corrected chi connectivity index (χ3v) is 11.4. The zero-order valence-corrected chi connectivity index (χ0v) is 23.5. The molecule has 4 aliphatic rings. The topological polar surface area (TPSA) is 44.1 Å². The molecule has 8 atom stereocenters. The van der Waals surface area contributed by atoms with Gasteiger partial charge in [0.1, 0.15) is 12.6 Å². The summed E-state index contributed by atoms with van der Waals surface area (Å²) < 4.78 is 7.58. The number of carbonyl (C=O) groups excluding carboxylic acids is 1. The Balaban J connectivity index is 1.23. The van der Waals surface area contributed by atoms with Crippen molar-refractivity contribution in [2.24, 2.45) is 46.3 Å². The van der Waals surface area contributed by atoms with Crippen molar-refractivity contribution in [3.05, 3.63) is 30.1 Å². The van der Waals surface area contributed by atoms with Crippen LogP contribution in [-0.4, -0.2) is 21.9 Å². The van der Waals surface area contributed by atoms with Crippen LogP contribution in [0, 0.1) is 46.3 Å². The molecular formula is C32H50N2O2. The number of allylic oxidation sites excluding steroid dienone is 1. The van der Waals surface area contributed by atoms with Crippen LogP contribution in [0.2, 0.25) is 0 Å². The first-order valence-corrected chi connectivity index (χ1v) is 15.1. The number of fused-ring (bicyclic) bond motifs is 5. The second-order valence-corrected chi connectivity index (χ2v) is 13.8. The molecule has 0 amide bonds. The molecule has 200 valence electrons. The van der Waals surface area contributed by atoms with E-state index in [9.17, 15) is 4.79 Å². The van der Waals surface area contributed by atoms with Crippen LogP contribution in [0.3, 0.4) is 0 Å². The molecule has 0 aromatic carbocycles. The summed E-state index contributed by atoms with van der Waals surface area (Å²) in [4.78, 5) is 12.5. The van der Waals surface area contributed by atoms with Gasteiger partial charge < -0.3 is 4.74 Å². The van der Waals surface area contributed by atoms with Crippen LogP contribution in [0.4, 0.5) is 0 Å². The van der Waals surface area contributed by atoms with E-state index in [2.05, 4.69) is 45.8 Å². The van der Waals surface area contributed by atoms with Crippen LogP contribution < -0.4 is 0 Å². The van der Waals surface area contributed by atoms with Gasteiger partial charge in [-0.15, -0.1) is 0 Å². The van der Waals surface area contributed by atoms with E-state index in [0.29, 0.717) is 10.8 Å². The Hall–Kier alpha value is -1.58. The van der Waals surface area contributed by atoms with Gasteiger partial charge in [-0.2, -0.15) is 5.10 Å². The van der Waals surface area contributed by atoms with E-state index >= 15 is 0 Å². The van der Waals surface area contributed by atoms with Crippen molar-refractivity contribution in [3.63, 3.8) is 0 Å².